The SMILES string of the molecule is CC(C)C1(O)C(OC(=O)c2ccc[nH]2)C2(O)C3(C)CC4(O)OC5(C(O)C6(CO)OC6CC35O)C2(O)C41C. The molecule has 12 nitrogen and oxygen atoms in total. The molecule has 0 amide bonds. The van der Waals surface area contributed by atoms with Gasteiger partial charge >= 0.3 is 5.97 Å². The largest absolute Gasteiger partial charge is 0.451 e. The van der Waals surface area contributed by atoms with Crippen LogP contribution in [0.5, 0.6) is 0 Å². The minimum absolute atomic E-state index is 0.0223. The van der Waals surface area contributed by atoms with E-state index in [2.05, 4.69) is 4.98 Å². The monoisotopic (exact) mass is 523 g/mol. The highest BCUT2D eigenvalue weighted by Gasteiger charge is 3.11. The maximum absolute atomic E-state index is 13.2. The lowest BCUT2D eigenvalue weighted by Crippen LogP contribution is -2.77. The summed E-state index contributed by atoms with van der Waals surface area (Å²) in [6.45, 7) is 5.23. The molecular formula is C25H33NO11. The number of nitrogens with one attached hydrogen (secondary N) is 1. The lowest BCUT2D eigenvalue weighted by Gasteiger charge is -2.59. The number of hydrogen-bond acceptors (Lipinski definition) is 11. The number of aliphatic hydroxyl groups excluding tert-OH is 2. The van der Waals surface area contributed by atoms with E-state index in [1.807, 2.05) is 0 Å². The van der Waals surface area contributed by atoms with Gasteiger partial charge in [-0.3, -0.25) is 0 Å². The van der Waals surface area contributed by atoms with E-state index in [4.69, 9.17) is 14.2 Å². The molecule has 8 rings (SSSR count). The molecule has 7 fully saturated rings. The van der Waals surface area contributed by atoms with Gasteiger partial charge in [-0.2, -0.15) is 0 Å². The van der Waals surface area contributed by atoms with Gasteiger partial charge in [0.1, 0.15) is 39.8 Å². The molecule has 7 aliphatic rings. The second-order valence-corrected chi connectivity index (χ2v) is 12.8. The Morgan fingerprint density at radius 3 is 2.46 bits per heavy atom. The zero-order chi connectivity index (χ0) is 27.0. The molecule has 3 aliphatic heterocycles. The molecular weight excluding hydrogens is 490 g/mol. The number of hydrogen-bond donors (Lipinski definition) is 8. The molecule has 3 saturated heterocycles. The summed E-state index contributed by atoms with van der Waals surface area (Å²) in [4.78, 5) is 15.9. The number of aliphatic hydroxyl groups is 7. The van der Waals surface area contributed by atoms with Gasteiger partial charge in [0.2, 0.25) is 0 Å². The van der Waals surface area contributed by atoms with Crippen molar-refractivity contribution in [1.82, 2.24) is 4.98 Å². The van der Waals surface area contributed by atoms with Crippen LogP contribution in [0.25, 0.3) is 0 Å². The molecule has 1 spiro atoms. The Bertz CT molecular complexity index is 1240. The van der Waals surface area contributed by atoms with Crippen LogP contribution >= 0.6 is 0 Å². The minimum Gasteiger partial charge on any atom is -0.451 e. The number of H-pyrrole nitrogens is 1. The first-order chi connectivity index (χ1) is 17.0. The van der Waals surface area contributed by atoms with Crippen molar-refractivity contribution in [3.8, 4) is 0 Å². The molecule has 0 aromatic carbocycles. The standard InChI is InChI=1S/C25H33NO11/c1-11(2)22(32)16(35-14(28)12-6-5-7-26-12)23(33)17(3)9-21(31)18(22,4)25(23,34)24(37-21)15(29)19(10-27)13(36-19)8-20(17,24)30/h5-7,11,13,15-16,26-27,29-34H,8-10H2,1-4H3. The predicted molar refractivity (Wildman–Crippen MR) is 120 cm³/mol. The molecule has 37 heavy (non-hydrogen) atoms. The number of epoxide rings is 1. The number of aromatic nitrogens is 1. The highest BCUT2D eigenvalue weighted by Crippen LogP contribution is 2.91. The van der Waals surface area contributed by atoms with Gasteiger partial charge in [0, 0.05) is 24.5 Å². The first kappa shape index (κ1) is 24.4. The third kappa shape index (κ3) is 1.73. The molecule has 12 unspecified atom stereocenters. The number of carbonyl (C=O) groups excluding carboxylic acids is 1. The number of fused-ring (bicyclic) bond motifs is 1. The number of rotatable bonds is 4. The Hall–Kier alpha value is -1.61. The van der Waals surface area contributed by atoms with Crippen molar-refractivity contribution in [3.63, 3.8) is 0 Å². The molecule has 12 atom stereocenters. The van der Waals surface area contributed by atoms with Gasteiger partial charge in [-0.25, -0.2) is 4.79 Å². The molecule has 1 aromatic heterocycles. The average Bonchev–Trinajstić information content (AvgIpc) is 3.15. The third-order valence-electron chi connectivity index (χ3n) is 11.8. The molecule has 4 saturated carbocycles. The number of ether oxygens (including phenoxy) is 3. The number of carbonyl (C=O) groups is 1. The first-order valence-corrected chi connectivity index (χ1v) is 12.6. The summed E-state index contributed by atoms with van der Waals surface area (Å²) < 4.78 is 17.7. The lowest BCUT2D eigenvalue weighted by atomic mass is 9.52. The second-order valence-electron chi connectivity index (χ2n) is 12.8. The summed E-state index contributed by atoms with van der Waals surface area (Å²) >= 11 is 0. The van der Waals surface area contributed by atoms with Crippen LogP contribution in [0.1, 0.15) is 51.0 Å². The van der Waals surface area contributed by atoms with Crippen LogP contribution in [0.4, 0.5) is 0 Å². The maximum Gasteiger partial charge on any atom is 0.355 e. The van der Waals surface area contributed by atoms with Crippen molar-refractivity contribution in [2.75, 3.05) is 6.61 Å². The van der Waals surface area contributed by atoms with E-state index in [-0.39, 0.29) is 12.1 Å². The van der Waals surface area contributed by atoms with E-state index in [1.165, 1.54) is 26.1 Å². The van der Waals surface area contributed by atoms with E-state index in [0.29, 0.717) is 0 Å². The van der Waals surface area contributed by atoms with Crippen molar-refractivity contribution >= 4 is 5.97 Å². The van der Waals surface area contributed by atoms with Crippen LogP contribution in [0.3, 0.4) is 0 Å². The Morgan fingerprint density at radius 2 is 1.89 bits per heavy atom. The number of esters is 1. The van der Waals surface area contributed by atoms with Crippen molar-refractivity contribution in [3.05, 3.63) is 24.0 Å². The van der Waals surface area contributed by atoms with Crippen molar-refractivity contribution < 1.29 is 54.8 Å². The predicted octanol–water partition coefficient (Wildman–Crippen LogP) is -2.08. The zero-order valence-electron chi connectivity index (χ0n) is 20.9. The average molecular weight is 524 g/mol. The van der Waals surface area contributed by atoms with Gasteiger partial charge in [-0.15, -0.1) is 0 Å². The molecule has 8 N–H and O–H groups in total. The zero-order valence-corrected chi connectivity index (χ0v) is 20.9. The van der Waals surface area contributed by atoms with Gasteiger partial charge < -0.3 is 54.9 Å². The fourth-order valence-corrected chi connectivity index (χ4v) is 9.97. The maximum atomic E-state index is 13.2. The normalized spacial score (nSPS) is 62.1. The summed E-state index contributed by atoms with van der Waals surface area (Å²) in [6.07, 6.45) is -3.82. The van der Waals surface area contributed by atoms with Crippen LogP contribution in [-0.4, -0.2) is 111 Å². The summed E-state index contributed by atoms with van der Waals surface area (Å²) in [7, 11) is 0. The van der Waals surface area contributed by atoms with E-state index in [9.17, 15) is 40.5 Å². The Labute approximate surface area is 211 Å². The van der Waals surface area contributed by atoms with Gasteiger partial charge in [-0.05, 0) is 25.0 Å². The fraction of sp³-hybridized carbons (Fsp3) is 0.800. The Morgan fingerprint density at radius 1 is 1.22 bits per heavy atom. The smallest absolute Gasteiger partial charge is 0.355 e. The van der Waals surface area contributed by atoms with Crippen molar-refractivity contribution in [1.29, 1.82) is 0 Å². The molecule has 1 aromatic rings. The van der Waals surface area contributed by atoms with Gasteiger partial charge in [0.25, 0.3) is 0 Å². The van der Waals surface area contributed by atoms with Crippen LogP contribution in [0, 0.1) is 16.7 Å². The van der Waals surface area contributed by atoms with Gasteiger partial charge in [0.05, 0.1) is 18.1 Å². The van der Waals surface area contributed by atoms with E-state index in [1.54, 1.807) is 19.9 Å². The lowest BCUT2D eigenvalue weighted by molar-refractivity contribution is -0.387. The van der Waals surface area contributed by atoms with Crippen LogP contribution in [-0.2, 0) is 14.2 Å². The molecule has 4 heterocycles. The summed E-state index contributed by atoms with van der Waals surface area (Å²) in [6, 6.07) is 3.00. The summed E-state index contributed by atoms with van der Waals surface area (Å²) in [5.41, 5.74) is -18.1. The topological polar surface area (TPSA) is 205 Å². The molecule has 4 aliphatic carbocycles. The molecule has 6 bridgehead atoms. The third-order valence-corrected chi connectivity index (χ3v) is 11.8. The van der Waals surface area contributed by atoms with E-state index < -0.39 is 93.5 Å². The van der Waals surface area contributed by atoms with Gasteiger partial charge in [0.15, 0.2) is 17.5 Å². The fourth-order valence-electron chi connectivity index (χ4n) is 9.97. The minimum atomic E-state index is -2.78. The van der Waals surface area contributed by atoms with Crippen LogP contribution in [0.15, 0.2) is 18.3 Å². The first-order valence-electron chi connectivity index (χ1n) is 12.6. The van der Waals surface area contributed by atoms with E-state index in [0.717, 1.165) is 0 Å². The highest BCUT2D eigenvalue weighted by molar-refractivity contribution is 5.87. The van der Waals surface area contributed by atoms with Crippen LogP contribution in [0.2, 0.25) is 0 Å². The summed E-state index contributed by atoms with van der Waals surface area (Å²) in [5.74, 6) is -4.16. The summed E-state index contributed by atoms with van der Waals surface area (Å²) in [5, 5.41) is 84.7. The quantitative estimate of drug-likeness (QED) is 0.159. The van der Waals surface area contributed by atoms with Crippen molar-refractivity contribution in [2.24, 2.45) is 16.7 Å². The van der Waals surface area contributed by atoms with Gasteiger partial charge in [-0.1, -0.05) is 20.8 Å². The second kappa shape index (κ2) is 5.93. The Balaban J connectivity index is 1.55. The van der Waals surface area contributed by atoms with Crippen molar-refractivity contribution in [2.45, 2.75) is 98.2 Å². The highest BCUT2D eigenvalue weighted by atomic mass is 16.7. The molecule has 12 heteroatoms. The Kier molecular flexibility index (Phi) is 3.92. The number of aromatic amines is 1. The van der Waals surface area contributed by atoms with Crippen LogP contribution < -0.4 is 0 Å². The molecule has 204 valence electrons. The van der Waals surface area contributed by atoms with E-state index >= 15 is 0 Å². The molecule has 0 radical (unpaired) electrons.